The van der Waals surface area contributed by atoms with Crippen LogP contribution in [0.1, 0.15) is 28.6 Å². The first kappa shape index (κ1) is 18.5. The minimum atomic E-state index is -0.499. The monoisotopic (exact) mass is 369 g/mol. The summed E-state index contributed by atoms with van der Waals surface area (Å²) in [6.45, 7) is 1.97. The molecule has 0 saturated carbocycles. The van der Waals surface area contributed by atoms with Crippen molar-refractivity contribution in [2.75, 3.05) is 26.5 Å². The van der Waals surface area contributed by atoms with Crippen molar-refractivity contribution in [1.29, 1.82) is 0 Å². The SMILES string of the molecule is CCc1cc(C(=O)OC)c(NC(=O)C[C@@H]2SC(=NC)N(C)C2=O)s1. The van der Waals surface area contributed by atoms with Crippen molar-refractivity contribution in [3.63, 3.8) is 0 Å². The summed E-state index contributed by atoms with van der Waals surface area (Å²) in [7, 11) is 4.54. The summed E-state index contributed by atoms with van der Waals surface area (Å²) < 4.78 is 4.75. The van der Waals surface area contributed by atoms with Gasteiger partial charge in [0.05, 0.1) is 12.7 Å². The van der Waals surface area contributed by atoms with E-state index in [0.717, 1.165) is 11.3 Å². The topological polar surface area (TPSA) is 88.1 Å². The van der Waals surface area contributed by atoms with Gasteiger partial charge in [-0.2, -0.15) is 0 Å². The van der Waals surface area contributed by atoms with Crippen molar-refractivity contribution < 1.29 is 19.1 Å². The highest BCUT2D eigenvalue weighted by molar-refractivity contribution is 8.15. The second-order valence-corrected chi connectivity index (χ2v) is 7.37. The molecule has 24 heavy (non-hydrogen) atoms. The number of aryl methyl sites for hydroxylation is 1. The number of methoxy groups -OCH3 is 1. The molecule has 0 aliphatic carbocycles. The van der Waals surface area contributed by atoms with E-state index in [1.165, 1.54) is 35.1 Å². The molecule has 2 heterocycles. The van der Waals surface area contributed by atoms with Crippen molar-refractivity contribution in [1.82, 2.24) is 4.90 Å². The summed E-state index contributed by atoms with van der Waals surface area (Å²) in [4.78, 5) is 42.7. The van der Waals surface area contributed by atoms with Gasteiger partial charge in [0.25, 0.3) is 0 Å². The quantitative estimate of drug-likeness (QED) is 0.802. The molecule has 1 aliphatic rings. The molecular weight excluding hydrogens is 350 g/mol. The Morgan fingerprint density at radius 3 is 2.71 bits per heavy atom. The van der Waals surface area contributed by atoms with E-state index in [9.17, 15) is 14.4 Å². The van der Waals surface area contributed by atoms with E-state index in [1.54, 1.807) is 20.2 Å². The fraction of sp³-hybridized carbons (Fsp3) is 0.467. The van der Waals surface area contributed by atoms with E-state index in [2.05, 4.69) is 10.3 Å². The Hall–Kier alpha value is -1.87. The number of carbonyl (C=O) groups is 3. The molecule has 0 bridgehead atoms. The first-order valence-corrected chi connectivity index (χ1v) is 9.02. The molecule has 1 aromatic heterocycles. The predicted octanol–water partition coefficient (Wildman–Crippen LogP) is 1.99. The van der Waals surface area contributed by atoms with Crippen LogP contribution in [0.4, 0.5) is 5.00 Å². The number of amides is 2. The number of hydrogen-bond acceptors (Lipinski definition) is 7. The lowest BCUT2D eigenvalue weighted by atomic mass is 10.2. The van der Waals surface area contributed by atoms with Crippen LogP contribution in [0, 0.1) is 0 Å². The Morgan fingerprint density at radius 1 is 1.46 bits per heavy atom. The number of ether oxygens (including phenoxy) is 1. The molecule has 9 heteroatoms. The van der Waals surface area contributed by atoms with E-state index >= 15 is 0 Å². The number of nitrogens with one attached hydrogen (secondary N) is 1. The van der Waals surface area contributed by atoms with Gasteiger partial charge in [0.2, 0.25) is 11.8 Å². The molecule has 1 aromatic rings. The van der Waals surface area contributed by atoms with Crippen molar-refractivity contribution in [3.8, 4) is 0 Å². The highest BCUT2D eigenvalue weighted by Gasteiger charge is 2.36. The molecule has 0 spiro atoms. The molecule has 2 rings (SSSR count). The van der Waals surface area contributed by atoms with Crippen LogP contribution in [0.25, 0.3) is 0 Å². The highest BCUT2D eigenvalue weighted by Crippen LogP contribution is 2.31. The van der Waals surface area contributed by atoms with Gasteiger partial charge in [-0.15, -0.1) is 11.3 Å². The predicted molar refractivity (Wildman–Crippen MR) is 95.8 cm³/mol. The molecule has 1 aliphatic heterocycles. The number of rotatable bonds is 5. The van der Waals surface area contributed by atoms with Gasteiger partial charge in [-0.1, -0.05) is 18.7 Å². The minimum Gasteiger partial charge on any atom is -0.465 e. The van der Waals surface area contributed by atoms with Gasteiger partial charge >= 0.3 is 5.97 Å². The highest BCUT2D eigenvalue weighted by atomic mass is 32.2. The van der Waals surface area contributed by atoms with Crippen LogP contribution >= 0.6 is 23.1 Å². The molecule has 0 aromatic carbocycles. The lowest BCUT2D eigenvalue weighted by Crippen LogP contribution is -2.30. The molecule has 7 nitrogen and oxygen atoms in total. The second-order valence-electron chi connectivity index (χ2n) is 5.06. The summed E-state index contributed by atoms with van der Waals surface area (Å²) in [6.07, 6.45) is 0.773. The van der Waals surface area contributed by atoms with Crippen LogP contribution in [0.2, 0.25) is 0 Å². The van der Waals surface area contributed by atoms with Gasteiger partial charge < -0.3 is 10.1 Å². The first-order valence-electron chi connectivity index (χ1n) is 7.33. The number of thioether (sulfide) groups is 1. The van der Waals surface area contributed by atoms with Crippen molar-refractivity contribution in [2.24, 2.45) is 4.99 Å². The van der Waals surface area contributed by atoms with Crippen LogP contribution < -0.4 is 5.32 Å². The van der Waals surface area contributed by atoms with Gasteiger partial charge in [-0.05, 0) is 12.5 Å². The van der Waals surface area contributed by atoms with E-state index < -0.39 is 11.2 Å². The number of aliphatic imine (C=N–C) groups is 1. The Morgan fingerprint density at radius 2 is 2.17 bits per heavy atom. The maximum atomic E-state index is 12.3. The van der Waals surface area contributed by atoms with Crippen LogP contribution in [0.3, 0.4) is 0 Å². The van der Waals surface area contributed by atoms with Crippen molar-refractivity contribution >= 4 is 51.1 Å². The Balaban J connectivity index is 2.09. The van der Waals surface area contributed by atoms with Gasteiger partial charge in [-0.3, -0.25) is 19.5 Å². The van der Waals surface area contributed by atoms with Crippen molar-refractivity contribution in [2.45, 2.75) is 25.0 Å². The van der Waals surface area contributed by atoms with Gasteiger partial charge in [0.15, 0.2) is 5.17 Å². The van der Waals surface area contributed by atoms with E-state index in [0.29, 0.717) is 15.7 Å². The molecular formula is C15H19N3O4S2. The fourth-order valence-corrected chi connectivity index (χ4v) is 4.32. The maximum Gasteiger partial charge on any atom is 0.340 e. The molecule has 130 valence electrons. The summed E-state index contributed by atoms with van der Waals surface area (Å²) >= 11 is 2.60. The molecule has 0 radical (unpaired) electrons. The lowest BCUT2D eigenvalue weighted by Gasteiger charge is -2.09. The summed E-state index contributed by atoms with van der Waals surface area (Å²) in [6, 6.07) is 1.72. The zero-order chi connectivity index (χ0) is 17.9. The second kappa shape index (κ2) is 7.80. The molecule has 1 fully saturated rings. The smallest absolute Gasteiger partial charge is 0.340 e. The number of amidine groups is 1. The lowest BCUT2D eigenvalue weighted by molar-refractivity contribution is -0.127. The number of hydrogen-bond donors (Lipinski definition) is 1. The van der Waals surface area contributed by atoms with Gasteiger partial charge in [0, 0.05) is 25.4 Å². The van der Waals surface area contributed by atoms with Crippen LogP contribution in [-0.2, 0) is 20.7 Å². The minimum absolute atomic E-state index is 0.0207. The fourth-order valence-electron chi connectivity index (χ4n) is 2.22. The van der Waals surface area contributed by atoms with Crippen molar-refractivity contribution in [3.05, 3.63) is 16.5 Å². The standard InChI is InChI=1S/C15H19N3O4S2/c1-5-8-6-9(14(21)22-4)12(23-8)17-11(19)7-10-13(20)18(3)15(16-2)24-10/h6,10H,5,7H2,1-4H3,(H,17,19)/t10-/m0/s1. The molecule has 1 atom stereocenters. The molecule has 1 N–H and O–H groups in total. The molecule has 0 unspecified atom stereocenters. The van der Waals surface area contributed by atoms with E-state index in [4.69, 9.17) is 4.74 Å². The van der Waals surface area contributed by atoms with Gasteiger partial charge in [-0.25, -0.2) is 4.79 Å². The summed E-state index contributed by atoms with van der Waals surface area (Å²) in [5, 5.41) is 3.28. The van der Waals surface area contributed by atoms with Crippen LogP contribution in [0.5, 0.6) is 0 Å². The van der Waals surface area contributed by atoms with Crippen LogP contribution in [0.15, 0.2) is 11.1 Å². The van der Waals surface area contributed by atoms with Crippen LogP contribution in [-0.4, -0.2) is 54.3 Å². The average molecular weight is 369 g/mol. The number of carbonyl (C=O) groups excluding carboxylic acids is 3. The third-order valence-electron chi connectivity index (χ3n) is 3.49. The third-order valence-corrected chi connectivity index (χ3v) is 6.01. The summed E-state index contributed by atoms with van der Waals surface area (Å²) in [5.41, 5.74) is 0.339. The summed E-state index contributed by atoms with van der Waals surface area (Å²) in [5.74, 6) is -0.960. The average Bonchev–Trinajstić information content (AvgIpc) is 3.10. The zero-order valence-electron chi connectivity index (χ0n) is 13.9. The number of anilines is 1. The normalized spacial score (nSPS) is 19.0. The van der Waals surface area contributed by atoms with Gasteiger partial charge in [0.1, 0.15) is 10.3 Å². The Labute approximate surface area is 148 Å². The largest absolute Gasteiger partial charge is 0.465 e. The maximum absolute atomic E-state index is 12.3. The first-order chi connectivity index (χ1) is 11.4. The van der Waals surface area contributed by atoms with E-state index in [1.807, 2.05) is 6.92 Å². The number of nitrogens with zero attached hydrogens (tertiary/aromatic N) is 2. The molecule has 2 amide bonds. The zero-order valence-corrected chi connectivity index (χ0v) is 15.5. The van der Waals surface area contributed by atoms with E-state index in [-0.39, 0.29) is 18.2 Å². The number of thiophene rings is 1. The Kier molecular flexibility index (Phi) is 6.00. The molecule has 1 saturated heterocycles. The number of esters is 1. The third kappa shape index (κ3) is 3.78. The Bertz CT molecular complexity index is 699.